The number of hydrogen-bond donors (Lipinski definition) is 3. The number of hydrogen-bond acceptors (Lipinski definition) is 6. The van der Waals surface area contributed by atoms with Gasteiger partial charge in [0.05, 0.1) is 18.5 Å². The predicted octanol–water partition coefficient (Wildman–Crippen LogP) is 3.42. The molecule has 0 bridgehead atoms. The number of nitrogens with one attached hydrogen (secondary N) is 1. The van der Waals surface area contributed by atoms with E-state index in [0.717, 1.165) is 0 Å². The quantitative estimate of drug-likeness (QED) is 0.608. The number of anilines is 2. The second-order valence-electron chi connectivity index (χ2n) is 5.30. The van der Waals surface area contributed by atoms with E-state index in [1.54, 1.807) is 48.5 Å². The van der Waals surface area contributed by atoms with Crippen molar-refractivity contribution in [3.05, 3.63) is 66.5 Å². The van der Waals surface area contributed by atoms with Crippen LogP contribution < -0.4 is 20.5 Å². The van der Waals surface area contributed by atoms with Crippen LogP contribution in [0, 0.1) is 0 Å². The summed E-state index contributed by atoms with van der Waals surface area (Å²) in [7, 11) is 1.39. The highest BCUT2D eigenvalue weighted by Crippen LogP contribution is 2.33. The summed E-state index contributed by atoms with van der Waals surface area (Å²) in [5.74, 6) is 0.0983. The molecule has 0 radical (unpaired) electrons. The first kappa shape index (κ1) is 17.1. The van der Waals surface area contributed by atoms with Crippen LogP contribution in [0.5, 0.6) is 23.0 Å². The number of ether oxygens (including phenoxy) is 2. The Morgan fingerprint density at radius 3 is 2.46 bits per heavy atom. The third-order valence-electron chi connectivity index (χ3n) is 3.60. The summed E-state index contributed by atoms with van der Waals surface area (Å²) in [5.41, 5.74) is 6.62. The van der Waals surface area contributed by atoms with Crippen molar-refractivity contribution in [2.75, 3.05) is 18.2 Å². The number of aromatic hydroxyl groups is 1. The van der Waals surface area contributed by atoms with Gasteiger partial charge < -0.3 is 25.6 Å². The first-order chi connectivity index (χ1) is 12.6. The molecule has 1 amide bonds. The van der Waals surface area contributed by atoms with Crippen LogP contribution in [0.1, 0.15) is 10.5 Å². The normalized spacial score (nSPS) is 10.2. The zero-order chi connectivity index (χ0) is 18.5. The molecule has 7 nitrogen and oxygen atoms in total. The van der Waals surface area contributed by atoms with Gasteiger partial charge in [-0.1, -0.05) is 24.3 Å². The molecule has 0 saturated carbocycles. The number of carbonyl (C=O) groups excluding carboxylic acids is 1. The minimum Gasteiger partial charge on any atom is -0.503 e. The van der Waals surface area contributed by atoms with Crippen LogP contribution in [0.3, 0.4) is 0 Å². The minimum absolute atomic E-state index is 0.154. The average molecular weight is 351 g/mol. The zero-order valence-electron chi connectivity index (χ0n) is 14.0. The molecule has 0 fully saturated rings. The number of nitrogens with two attached hydrogens (primary N) is 1. The molecule has 3 aromatic rings. The van der Waals surface area contributed by atoms with Gasteiger partial charge in [-0.05, 0) is 24.3 Å². The minimum atomic E-state index is -0.599. The number of aromatic nitrogens is 1. The Morgan fingerprint density at radius 2 is 1.73 bits per heavy atom. The van der Waals surface area contributed by atoms with Gasteiger partial charge in [0.15, 0.2) is 22.9 Å². The molecule has 4 N–H and O–H groups in total. The summed E-state index contributed by atoms with van der Waals surface area (Å²) in [5, 5.41) is 12.8. The molecule has 0 spiro atoms. The van der Waals surface area contributed by atoms with Crippen LogP contribution in [0.4, 0.5) is 11.4 Å². The lowest BCUT2D eigenvalue weighted by Gasteiger charge is -2.14. The van der Waals surface area contributed by atoms with Crippen molar-refractivity contribution >= 4 is 17.3 Å². The number of methoxy groups -OCH3 is 1. The zero-order valence-corrected chi connectivity index (χ0v) is 14.0. The van der Waals surface area contributed by atoms with E-state index in [1.807, 2.05) is 0 Å². The number of nitrogen functional groups attached to an aromatic ring is 1. The number of carbonyl (C=O) groups is 1. The molecule has 3 rings (SSSR count). The number of rotatable bonds is 5. The van der Waals surface area contributed by atoms with Gasteiger partial charge in [-0.2, -0.15) is 0 Å². The fourth-order valence-corrected chi connectivity index (χ4v) is 2.30. The van der Waals surface area contributed by atoms with Crippen LogP contribution >= 0.6 is 0 Å². The SMILES string of the molecule is COc1ccnc(C(=O)Nc2ccccc2Oc2ccccc2N)c1O. The second kappa shape index (κ2) is 7.43. The number of amides is 1. The molecule has 1 aromatic heterocycles. The number of pyridine rings is 1. The Labute approximate surface area is 150 Å². The molecular weight excluding hydrogens is 334 g/mol. The van der Waals surface area contributed by atoms with Crippen molar-refractivity contribution in [2.45, 2.75) is 0 Å². The Hall–Kier alpha value is -3.74. The van der Waals surface area contributed by atoms with Gasteiger partial charge in [-0.3, -0.25) is 4.79 Å². The van der Waals surface area contributed by atoms with Gasteiger partial charge >= 0.3 is 0 Å². The van der Waals surface area contributed by atoms with E-state index < -0.39 is 5.91 Å². The molecule has 0 saturated heterocycles. The molecule has 132 valence electrons. The molecule has 0 aliphatic rings. The topological polar surface area (TPSA) is 107 Å². The molecular formula is C19H17N3O4. The monoisotopic (exact) mass is 351 g/mol. The predicted molar refractivity (Wildman–Crippen MR) is 97.8 cm³/mol. The van der Waals surface area contributed by atoms with E-state index in [2.05, 4.69) is 10.3 Å². The fourth-order valence-electron chi connectivity index (χ4n) is 2.30. The molecule has 7 heteroatoms. The maximum atomic E-state index is 12.5. The van der Waals surface area contributed by atoms with Crippen molar-refractivity contribution < 1.29 is 19.4 Å². The smallest absolute Gasteiger partial charge is 0.278 e. The van der Waals surface area contributed by atoms with E-state index in [1.165, 1.54) is 19.4 Å². The highest BCUT2D eigenvalue weighted by atomic mass is 16.5. The Kier molecular flexibility index (Phi) is 4.89. The fraction of sp³-hybridized carbons (Fsp3) is 0.0526. The van der Waals surface area contributed by atoms with Crippen molar-refractivity contribution in [2.24, 2.45) is 0 Å². The van der Waals surface area contributed by atoms with E-state index in [4.69, 9.17) is 15.2 Å². The molecule has 0 aliphatic carbocycles. The van der Waals surface area contributed by atoms with Crippen molar-refractivity contribution in [3.8, 4) is 23.0 Å². The van der Waals surface area contributed by atoms with Crippen LogP contribution in [0.2, 0.25) is 0 Å². The summed E-state index contributed by atoms with van der Waals surface area (Å²) in [6.45, 7) is 0. The molecule has 0 atom stereocenters. The van der Waals surface area contributed by atoms with E-state index in [-0.39, 0.29) is 17.2 Å². The third kappa shape index (κ3) is 3.51. The van der Waals surface area contributed by atoms with Crippen LogP contribution in [-0.4, -0.2) is 23.1 Å². The average Bonchev–Trinajstić information content (AvgIpc) is 2.65. The highest BCUT2D eigenvalue weighted by molar-refractivity contribution is 6.05. The summed E-state index contributed by atoms with van der Waals surface area (Å²) in [6, 6.07) is 15.4. The number of para-hydroxylation sites is 4. The highest BCUT2D eigenvalue weighted by Gasteiger charge is 2.18. The molecule has 26 heavy (non-hydrogen) atoms. The largest absolute Gasteiger partial charge is 0.503 e. The Balaban J connectivity index is 1.87. The van der Waals surface area contributed by atoms with Gasteiger partial charge in [0.2, 0.25) is 0 Å². The number of nitrogens with zero attached hydrogens (tertiary/aromatic N) is 1. The van der Waals surface area contributed by atoms with E-state index in [9.17, 15) is 9.90 Å². The second-order valence-corrected chi connectivity index (χ2v) is 5.30. The Morgan fingerprint density at radius 1 is 1.04 bits per heavy atom. The summed E-state index contributed by atoms with van der Waals surface area (Å²) in [4.78, 5) is 16.4. The van der Waals surface area contributed by atoms with Crippen molar-refractivity contribution in [3.63, 3.8) is 0 Å². The molecule has 0 aliphatic heterocycles. The van der Waals surface area contributed by atoms with Crippen molar-refractivity contribution in [1.82, 2.24) is 4.98 Å². The third-order valence-corrected chi connectivity index (χ3v) is 3.60. The number of benzene rings is 2. The van der Waals surface area contributed by atoms with Gasteiger partial charge in [0.25, 0.3) is 5.91 Å². The van der Waals surface area contributed by atoms with E-state index in [0.29, 0.717) is 22.9 Å². The first-order valence-electron chi connectivity index (χ1n) is 7.75. The van der Waals surface area contributed by atoms with Crippen LogP contribution in [0.15, 0.2) is 60.8 Å². The van der Waals surface area contributed by atoms with Crippen LogP contribution in [0.25, 0.3) is 0 Å². The first-order valence-corrected chi connectivity index (χ1v) is 7.75. The summed E-state index contributed by atoms with van der Waals surface area (Å²) < 4.78 is 10.8. The molecule has 2 aromatic carbocycles. The van der Waals surface area contributed by atoms with Crippen molar-refractivity contribution in [1.29, 1.82) is 0 Å². The lowest BCUT2D eigenvalue weighted by Crippen LogP contribution is -2.14. The maximum absolute atomic E-state index is 12.5. The van der Waals surface area contributed by atoms with Crippen LogP contribution in [-0.2, 0) is 0 Å². The van der Waals surface area contributed by atoms with Gasteiger partial charge in [-0.25, -0.2) is 4.98 Å². The maximum Gasteiger partial charge on any atom is 0.278 e. The summed E-state index contributed by atoms with van der Waals surface area (Å²) >= 11 is 0. The Bertz CT molecular complexity index is 944. The van der Waals surface area contributed by atoms with Gasteiger partial charge in [-0.15, -0.1) is 0 Å². The standard InChI is InChI=1S/C19H17N3O4/c1-25-16-10-11-21-17(18(16)23)19(24)22-13-7-3-5-9-15(13)26-14-8-4-2-6-12(14)20/h2-11,23H,20H2,1H3,(H,22,24). The van der Waals surface area contributed by atoms with Gasteiger partial charge in [0, 0.05) is 12.3 Å². The van der Waals surface area contributed by atoms with Gasteiger partial charge in [0.1, 0.15) is 5.75 Å². The van der Waals surface area contributed by atoms with E-state index >= 15 is 0 Å². The molecule has 1 heterocycles. The molecule has 0 unspecified atom stereocenters. The lowest BCUT2D eigenvalue weighted by molar-refractivity contribution is 0.101. The lowest BCUT2D eigenvalue weighted by atomic mass is 10.2. The summed E-state index contributed by atoms with van der Waals surface area (Å²) in [6.07, 6.45) is 1.38.